The van der Waals surface area contributed by atoms with Crippen LogP contribution in [0.3, 0.4) is 0 Å². The summed E-state index contributed by atoms with van der Waals surface area (Å²) in [6.45, 7) is 3.81. The van der Waals surface area contributed by atoms with Crippen molar-refractivity contribution < 1.29 is 14.4 Å². The van der Waals surface area contributed by atoms with Gasteiger partial charge in [0.1, 0.15) is 12.1 Å². The molecule has 1 aliphatic heterocycles. The Bertz CT molecular complexity index is 930. The standard InChI is InChI=1S/C19H22N4O3S/c1-11-5-7-19(8-6-11)17(25)23(18(26)22-19)10-16(24)21-13-3-4-14-15(9-13)27-12(2)20-14/h3-4,9,11H,5-8,10H2,1-2H3,(H,21,24)(H,22,26). The van der Waals surface area contributed by atoms with Crippen molar-refractivity contribution in [2.24, 2.45) is 5.92 Å². The number of aromatic nitrogens is 1. The third-order valence-corrected chi connectivity index (χ3v) is 6.39. The fourth-order valence-corrected chi connectivity index (χ4v) is 4.74. The second-order valence-electron chi connectivity index (χ2n) is 7.55. The molecule has 0 radical (unpaired) electrons. The molecule has 2 heterocycles. The smallest absolute Gasteiger partial charge is 0.324 e. The Morgan fingerprint density at radius 1 is 1.37 bits per heavy atom. The van der Waals surface area contributed by atoms with Gasteiger partial charge in [0, 0.05) is 5.69 Å². The van der Waals surface area contributed by atoms with Gasteiger partial charge in [-0.1, -0.05) is 6.92 Å². The summed E-state index contributed by atoms with van der Waals surface area (Å²) in [5, 5.41) is 6.57. The number of amides is 4. The molecule has 2 aromatic rings. The molecule has 7 nitrogen and oxygen atoms in total. The van der Waals surface area contributed by atoms with Gasteiger partial charge in [-0.25, -0.2) is 9.78 Å². The number of imide groups is 1. The van der Waals surface area contributed by atoms with Crippen LogP contribution >= 0.6 is 11.3 Å². The van der Waals surface area contributed by atoms with E-state index in [1.54, 1.807) is 17.4 Å². The summed E-state index contributed by atoms with van der Waals surface area (Å²) in [5.41, 5.74) is 0.700. The Hall–Kier alpha value is -2.48. The van der Waals surface area contributed by atoms with Crippen LogP contribution in [0.15, 0.2) is 18.2 Å². The number of rotatable bonds is 3. The summed E-state index contributed by atoms with van der Waals surface area (Å²) >= 11 is 1.55. The molecule has 1 aliphatic carbocycles. The highest BCUT2D eigenvalue weighted by molar-refractivity contribution is 7.18. The van der Waals surface area contributed by atoms with E-state index in [2.05, 4.69) is 22.5 Å². The minimum Gasteiger partial charge on any atom is -0.324 e. The molecule has 142 valence electrons. The third-order valence-electron chi connectivity index (χ3n) is 5.45. The highest BCUT2D eigenvalue weighted by atomic mass is 32.1. The van der Waals surface area contributed by atoms with Gasteiger partial charge < -0.3 is 10.6 Å². The van der Waals surface area contributed by atoms with Crippen molar-refractivity contribution in [1.82, 2.24) is 15.2 Å². The average Bonchev–Trinajstić information content (AvgIpc) is 3.09. The molecule has 1 aromatic carbocycles. The van der Waals surface area contributed by atoms with Crippen LogP contribution in [0.5, 0.6) is 0 Å². The number of aryl methyl sites for hydroxylation is 1. The van der Waals surface area contributed by atoms with Gasteiger partial charge >= 0.3 is 6.03 Å². The topological polar surface area (TPSA) is 91.4 Å². The maximum atomic E-state index is 12.8. The molecule has 0 atom stereocenters. The number of hydrogen-bond acceptors (Lipinski definition) is 5. The molecule has 2 aliphatic rings. The van der Waals surface area contributed by atoms with Gasteiger partial charge in [-0.3, -0.25) is 14.5 Å². The van der Waals surface area contributed by atoms with E-state index in [4.69, 9.17) is 0 Å². The first kappa shape index (κ1) is 17.9. The SMILES string of the molecule is Cc1nc2ccc(NC(=O)CN3C(=O)NC4(CCC(C)CC4)C3=O)cc2s1. The number of carbonyl (C=O) groups excluding carboxylic acids is 3. The van der Waals surface area contributed by atoms with Gasteiger partial charge in [0.2, 0.25) is 5.91 Å². The number of urea groups is 1. The number of thiazole rings is 1. The third kappa shape index (κ3) is 3.29. The molecular formula is C19H22N4O3S. The van der Waals surface area contributed by atoms with Gasteiger partial charge in [0.25, 0.3) is 5.91 Å². The van der Waals surface area contributed by atoms with E-state index < -0.39 is 11.6 Å². The van der Waals surface area contributed by atoms with E-state index in [0.717, 1.165) is 33.0 Å². The number of fused-ring (bicyclic) bond motifs is 1. The van der Waals surface area contributed by atoms with E-state index >= 15 is 0 Å². The summed E-state index contributed by atoms with van der Waals surface area (Å²) < 4.78 is 0.982. The van der Waals surface area contributed by atoms with Gasteiger partial charge in [0.15, 0.2) is 0 Å². The summed E-state index contributed by atoms with van der Waals surface area (Å²) in [5.74, 6) is -0.105. The number of nitrogens with zero attached hydrogens (tertiary/aromatic N) is 2. The van der Waals surface area contributed by atoms with Crippen molar-refractivity contribution in [3.63, 3.8) is 0 Å². The fourth-order valence-electron chi connectivity index (χ4n) is 3.88. The number of hydrogen-bond donors (Lipinski definition) is 2. The molecule has 1 aromatic heterocycles. The average molecular weight is 386 g/mol. The molecule has 8 heteroatoms. The van der Waals surface area contributed by atoms with Crippen LogP contribution in [0.1, 0.15) is 37.6 Å². The number of nitrogens with one attached hydrogen (secondary N) is 2. The van der Waals surface area contributed by atoms with E-state index in [-0.39, 0.29) is 18.4 Å². The first-order valence-electron chi connectivity index (χ1n) is 9.17. The summed E-state index contributed by atoms with van der Waals surface area (Å²) in [7, 11) is 0. The van der Waals surface area contributed by atoms with Crippen molar-refractivity contribution >= 4 is 45.1 Å². The minimum absolute atomic E-state index is 0.275. The summed E-state index contributed by atoms with van der Waals surface area (Å²) in [4.78, 5) is 43.0. The predicted molar refractivity (Wildman–Crippen MR) is 104 cm³/mol. The van der Waals surface area contributed by atoms with Crippen molar-refractivity contribution in [2.75, 3.05) is 11.9 Å². The quantitative estimate of drug-likeness (QED) is 0.793. The Morgan fingerprint density at radius 3 is 2.85 bits per heavy atom. The summed E-state index contributed by atoms with van der Waals surface area (Å²) in [6.07, 6.45) is 3.08. The van der Waals surface area contributed by atoms with Gasteiger partial charge in [-0.05, 0) is 56.7 Å². The van der Waals surface area contributed by atoms with Crippen molar-refractivity contribution in [3.8, 4) is 0 Å². The zero-order valence-electron chi connectivity index (χ0n) is 15.4. The van der Waals surface area contributed by atoms with Crippen LogP contribution < -0.4 is 10.6 Å². The molecule has 0 bridgehead atoms. The predicted octanol–water partition coefficient (Wildman–Crippen LogP) is 3.04. The molecule has 1 saturated heterocycles. The molecule has 1 saturated carbocycles. The molecule has 1 spiro atoms. The first-order chi connectivity index (χ1) is 12.9. The largest absolute Gasteiger partial charge is 0.325 e. The molecular weight excluding hydrogens is 364 g/mol. The van der Waals surface area contributed by atoms with E-state index in [1.807, 2.05) is 19.1 Å². The first-order valence-corrected chi connectivity index (χ1v) is 9.99. The van der Waals surface area contributed by atoms with E-state index in [0.29, 0.717) is 24.4 Å². The zero-order valence-corrected chi connectivity index (χ0v) is 16.2. The lowest BCUT2D eigenvalue weighted by Crippen LogP contribution is -2.49. The van der Waals surface area contributed by atoms with Crippen LogP contribution in [0.2, 0.25) is 0 Å². The number of benzene rings is 1. The maximum absolute atomic E-state index is 12.8. The van der Waals surface area contributed by atoms with Crippen LogP contribution in [0.4, 0.5) is 10.5 Å². The lowest BCUT2D eigenvalue weighted by Gasteiger charge is -2.33. The maximum Gasteiger partial charge on any atom is 0.325 e. The highest BCUT2D eigenvalue weighted by Gasteiger charge is 2.52. The van der Waals surface area contributed by atoms with Crippen LogP contribution in [-0.2, 0) is 9.59 Å². The Balaban J connectivity index is 1.44. The Kier molecular flexibility index (Phi) is 4.38. The fraction of sp³-hybridized carbons (Fsp3) is 0.474. The highest BCUT2D eigenvalue weighted by Crippen LogP contribution is 2.36. The van der Waals surface area contributed by atoms with Crippen LogP contribution in [-0.4, -0.2) is 39.8 Å². The van der Waals surface area contributed by atoms with Crippen LogP contribution in [0.25, 0.3) is 10.2 Å². The van der Waals surface area contributed by atoms with Crippen LogP contribution in [0, 0.1) is 12.8 Å². The zero-order chi connectivity index (χ0) is 19.2. The van der Waals surface area contributed by atoms with E-state index in [9.17, 15) is 14.4 Å². The molecule has 2 fully saturated rings. The molecule has 27 heavy (non-hydrogen) atoms. The lowest BCUT2D eigenvalue weighted by molar-refractivity contribution is -0.135. The molecule has 2 N–H and O–H groups in total. The second-order valence-corrected chi connectivity index (χ2v) is 8.78. The monoisotopic (exact) mass is 386 g/mol. The van der Waals surface area contributed by atoms with Gasteiger partial charge in [-0.15, -0.1) is 11.3 Å². The second kappa shape index (κ2) is 6.60. The minimum atomic E-state index is -0.817. The molecule has 4 rings (SSSR count). The summed E-state index contributed by atoms with van der Waals surface area (Å²) in [6, 6.07) is 5.00. The molecule has 4 amide bonds. The molecule has 0 unspecified atom stereocenters. The van der Waals surface area contributed by atoms with Crippen molar-refractivity contribution in [1.29, 1.82) is 0 Å². The Labute approximate surface area is 161 Å². The number of anilines is 1. The van der Waals surface area contributed by atoms with E-state index in [1.165, 1.54) is 0 Å². The van der Waals surface area contributed by atoms with Crippen molar-refractivity contribution in [2.45, 2.75) is 45.1 Å². The number of carbonyl (C=O) groups is 3. The van der Waals surface area contributed by atoms with Crippen molar-refractivity contribution in [3.05, 3.63) is 23.2 Å². The van der Waals surface area contributed by atoms with Gasteiger partial charge in [0.05, 0.1) is 15.2 Å². The Morgan fingerprint density at radius 2 is 2.11 bits per heavy atom. The normalized spacial score (nSPS) is 25.3. The van der Waals surface area contributed by atoms with Gasteiger partial charge in [-0.2, -0.15) is 0 Å². The lowest BCUT2D eigenvalue weighted by atomic mass is 9.77.